The first-order valence-corrected chi connectivity index (χ1v) is 13.1. The molecule has 4 rings (SSSR count). The molecular weight excluding hydrogens is 474 g/mol. The largest absolute Gasteiger partial charge is 0.379 e. The zero-order valence-electron chi connectivity index (χ0n) is 19.7. The third-order valence-electron chi connectivity index (χ3n) is 5.80. The number of ether oxygens (including phenoxy) is 1. The molecule has 8 heteroatoms. The molecule has 2 aromatic carbocycles. The number of amides is 1. The van der Waals surface area contributed by atoms with Crippen molar-refractivity contribution in [2.45, 2.75) is 31.1 Å². The van der Waals surface area contributed by atoms with Crippen molar-refractivity contribution in [3.05, 3.63) is 53.6 Å². The molecule has 0 spiro atoms. The second-order valence-corrected chi connectivity index (χ2v) is 11.0. The van der Waals surface area contributed by atoms with Crippen molar-refractivity contribution in [2.75, 3.05) is 50.5 Å². The molecular formula is C25H32ClN3O2S2. The number of hydrogen-bond acceptors (Lipinski definition) is 6. The molecule has 3 aromatic rings. The van der Waals surface area contributed by atoms with Gasteiger partial charge < -0.3 is 4.74 Å². The number of halogens is 1. The highest BCUT2D eigenvalue weighted by atomic mass is 35.5. The van der Waals surface area contributed by atoms with Crippen LogP contribution in [0.15, 0.2) is 47.4 Å². The Morgan fingerprint density at radius 2 is 1.85 bits per heavy atom. The van der Waals surface area contributed by atoms with E-state index in [9.17, 15) is 4.79 Å². The first kappa shape index (κ1) is 26.0. The summed E-state index contributed by atoms with van der Waals surface area (Å²) in [4.78, 5) is 23.9. The predicted molar refractivity (Wildman–Crippen MR) is 143 cm³/mol. The number of thioether (sulfide) groups is 1. The molecule has 0 aliphatic carbocycles. The summed E-state index contributed by atoms with van der Waals surface area (Å²) < 4.78 is 6.58. The number of carbonyl (C=O) groups excluding carboxylic acids is 1. The summed E-state index contributed by atoms with van der Waals surface area (Å²) in [6.45, 7) is 11.3. The molecule has 1 aromatic heterocycles. The van der Waals surface area contributed by atoms with E-state index in [1.165, 1.54) is 10.5 Å². The van der Waals surface area contributed by atoms with Crippen LogP contribution in [0.3, 0.4) is 0 Å². The van der Waals surface area contributed by atoms with Gasteiger partial charge in [-0.3, -0.25) is 14.6 Å². The minimum atomic E-state index is 0. The number of aromatic nitrogens is 1. The van der Waals surface area contributed by atoms with Crippen LogP contribution < -0.4 is 4.90 Å². The molecule has 1 fully saturated rings. The molecule has 33 heavy (non-hydrogen) atoms. The van der Waals surface area contributed by atoms with Gasteiger partial charge in [0.25, 0.3) is 5.91 Å². The molecule has 178 valence electrons. The zero-order valence-corrected chi connectivity index (χ0v) is 22.1. The van der Waals surface area contributed by atoms with Crippen molar-refractivity contribution < 1.29 is 9.53 Å². The lowest BCUT2D eigenvalue weighted by molar-refractivity contribution is 0.0391. The van der Waals surface area contributed by atoms with Gasteiger partial charge in [-0.15, -0.1) is 24.2 Å². The lowest BCUT2D eigenvalue weighted by Crippen LogP contribution is -2.43. The number of morpholine rings is 1. The van der Waals surface area contributed by atoms with Gasteiger partial charge in [0.1, 0.15) is 0 Å². The van der Waals surface area contributed by atoms with E-state index in [-0.39, 0.29) is 23.7 Å². The first-order chi connectivity index (χ1) is 15.3. The number of thiazole rings is 1. The summed E-state index contributed by atoms with van der Waals surface area (Å²) in [6, 6.07) is 14.3. The van der Waals surface area contributed by atoms with E-state index in [0.717, 1.165) is 48.2 Å². The molecule has 1 saturated heterocycles. The number of fused-ring (bicyclic) bond motifs is 1. The third kappa shape index (κ3) is 6.28. The quantitative estimate of drug-likeness (QED) is 0.401. The Morgan fingerprint density at radius 1 is 1.15 bits per heavy atom. The highest BCUT2D eigenvalue weighted by molar-refractivity contribution is 7.98. The lowest BCUT2D eigenvalue weighted by atomic mass is 9.86. The second-order valence-electron chi connectivity index (χ2n) is 9.07. The number of nitrogens with zero attached hydrogens (tertiary/aromatic N) is 3. The van der Waals surface area contributed by atoms with Gasteiger partial charge in [-0.1, -0.05) is 44.2 Å². The van der Waals surface area contributed by atoms with Crippen LogP contribution in [-0.4, -0.2) is 61.4 Å². The normalized spacial score (nSPS) is 14.8. The number of carbonyl (C=O) groups is 1. The Balaban J connectivity index is 0.00000306. The van der Waals surface area contributed by atoms with Crippen molar-refractivity contribution in [3.8, 4) is 0 Å². The molecule has 0 unspecified atom stereocenters. The third-order valence-corrected chi connectivity index (χ3v) is 7.57. The van der Waals surface area contributed by atoms with Crippen molar-refractivity contribution in [1.82, 2.24) is 9.88 Å². The molecule has 1 amide bonds. The van der Waals surface area contributed by atoms with E-state index in [1.807, 2.05) is 23.1 Å². The highest BCUT2D eigenvalue weighted by Crippen LogP contribution is 2.32. The van der Waals surface area contributed by atoms with Gasteiger partial charge in [0.2, 0.25) is 0 Å². The maximum Gasteiger partial charge on any atom is 0.260 e. The average Bonchev–Trinajstić information content (AvgIpc) is 3.22. The van der Waals surface area contributed by atoms with Crippen LogP contribution in [0.25, 0.3) is 10.2 Å². The standard InChI is InChI=1S/C25H31N3O2S2.ClH/c1-25(2,3)19-7-5-18(6-8-19)23(29)28(12-11-27-13-15-30-16-14-27)24-26-21-10-9-20(31-4)17-22(21)32-24;/h5-10,17H,11-16H2,1-4H3;1H. The Morgan fingerprint density at radius 3 is 2.48 bits per heavy atom. The van der Waals surface area contributed by atoms with E-state index >= 15 is 0 Å². The van der Waals surface area contributed by atoms with Crippen molar-refractivity contribution in [2.24, 2.45) is 0 Å². The Kier molecular flexibility index (Phi) is 8.81. The number of rotatable bonds is 6. The van der Waals surface area contributed by atoms with Gasteiger partial charge in [0.05, 0.1) is 23.4 Å². The monoisotopic (exact) mass is 505 g/mol. The van der Waals surface area contributed by atoms with E-state index in [4.69, 9.17) is 9.72 Å². The van der Waals surface area contributed by atoms with E-state index in [2.05, 4.69) is 56.2 Å². The number of benzene rings is 2. The molecule has 1 aliphatic rings. The van der Waals surface area contributed by atoms with Gasteiger partial charge in [-0.2, -0.15) is 0 Å². The van der Waals surface area contributed by atoms with Crippen LogP contribution in [0, 0.1) is 0 Å². The van der Waals surface area contributed by atoms with E-state index in [1.54, 1.807) is 23.1 Å². The Hall–Kier alpha value is -1.64. The molecule has 0 radical (unpaired) electrons. The highest BCUT2D eigenvalue weighted by Gasteiger charge is 2.23. The lowest BCUT2D eigenvalue weighted by Gasteiger charge is -2.29. The fourth-order valence-corrected chi connectivity index (χ4v) is 5.30. The van der Waals surface area contributed by atoms with Gasteiger partial charge in [0.15, 0.2) is 5.13 Å². The molecule has 2 heterocycles. The summed E-state index contributed by atoms with van der Waals surface area (Å²) in [5, 5.41) is 0.761. The molecule has 0 atom stereocenters. The van der Waals surface area contributed by atoms with Gasteiger partial charge >= 0.3 is 0 Å². The smallest absolute Gasteiger partial charge is 0.260 e. The molecule has 1 aliphatic heterocycles. The summed E-state index contributed by atoms with van der Waals surface area (Å²) in [6.07, 6.45) is 2.07. The summed E-state index contributed by atoms with van der Waals surface area (Å²) in [7, 11) is 0. The predicted octanol–water partition coefficient (Wildman–Crippen LogP) is 5.72. The zero-order chi connectivity index (χ0) is 22.7. The summed E-state index contributed by atoms with van der Waals surface area (Å²) in [5.74, 6) is 0.00265. The Labute approximate surface area is 210 Å². The molecule has 0 N–H and O–H groups in total. The van der Waals surface area contributed by atoms with Crippen molar-refractivity contribution >= 4 is 56.8 Å². The number of hydrogen-bond donors (Lipinski definition) is 0. The molecule has 0 saturated carbocycles. The molecule has 0 bridgehead atoms. The SMILES string of the molecule is CSc1ccc2nc(N(CCN3CCOCC3)C(=O)c3ccc(C(C)(C)C)cc3)sc2c1.Cl. The average molecular weight is 506 g/mol. The minimum absolute atomic E-state index is 0. The van der Waals surface area contributed by atoms with Crippen LogP contribution in [0.2, 0.25) is 0 Å². The van der Waals surface area contributed by atoms with Crippen LogP contribution in [-0.2, 0) is 10.2 Å². The van der Waals surface area contributed by atoms with Crippen LogP contribution in [0.5, 0.6) is 0 Å². The van der Waals surface area contributed by atoms with Crippen molar-refractivity contribution in [1.29, 1.82) is 0 Å². The topological polar surface area (TPSA) is 45.7 Å². The summed E-state index contributed by atoms with van der Waals surface area (Å²) in [5.41, 5.74) is 2.91. The van der Waals surface area contributed by atoms with Crippen molar-refractivity contribution in [3.63, 3.8) is 0 Å². The van der Waals surface area contributed by atoms with E-state index in [0.29, 0.717) is 12.1 Å². The first-order valence-electron chi connectivity index (χ1n) is 11.0. The van der Waals surface area contributed by atoms with E-state index < -0.39 is 0 Å². The maximum absolute atomic E-state index is 13.6. The van der Waals surface area contributed by atoms with Gasteiger partial charge in [-0.25, -0.2) is 4.98 Å². The Bertz CT molecular complexity index is 1070. The van der Waals surface area contributed by atoms with Crippen LogP contribution in [0.4, 0.5) is 5.13 Å². The molecule has 5 nitrogen and oxygen atoms in total. The fourth-order valence-electron chi connectivity index (χ4n) is 3.75. The second kappa shape index (κ2) is 11.2. The van der Waals surface area contributed by atoms with Crippen LogP contribution in [0.1, 0.15) is 36.7 Å². The van der Waals surface area contributed by atoms with Crippen LogP contribution >= 0.6 is 35.5 Å². The fraction of sp³-hybridized carbons (Fsp3) is 0.440. The maximum atomic E-state index is 13.6. The summed E-state index contributed by atoms with van der Waals surface area (Å²) >= 11 is 3.31. The number of anilines is 1. The van der Waals surface area contributed by atoms with Gasteiger partial charge in [0, 0.05) is 36.6 Å². The minimum Gasteiger partial charge on any atom is -0.379 e. The van der Waals surface area contributed by atoms with Gasteiger partial charge in [-0.05, 0) is 47.6 Å².